The smallest absolute Gasteiger partial charge is 0.357 e. The number of ether oxygens (including phenoxy) is 1. The first-order chi connectivity index (χ1) is 9.08. The summed E-state index contributed by atoms with van der Waals surface area (Å²) in [5.41, 5.74) is -0.899. The summed E-state index contributed by atoms with van der Waals surface area (Å²) >= 11 is 0. The highest BCUT2D eigenvalue weighted by Crippen LogP contribution is 2.14. The molecule has 1 heterocycles. The highest BCUT2D eigenvalue weighted by molar-refractivity contribution is 5.85. The van der Waals surface area contributed by atoms with Crippen LogP contribution in [-0.4, -0.2) is 21.0 Å². The van der Waals surface area contributed by atoms with E-state index in [0.29, 0.717) is 5.75 Å². The molecule has 1 N–H and O–H groups in total. The quantitative estimate of drug-likeness (QED) is 0.916. The molecule has 0 aliphatic carbocycles. The van der Waals surface area contributed by atoms with Gasteiger partial charge in [-0.3, -0.25) is 0 Å². The highest BCUT2D eigenvalue weighted by atomic mass is 19.1. The minimum Gasteiger partial charge on any atom is -0.487 e. The van der Waals surface area contributed by atoms with E-state index in [2.05, 4.69) is 9.97 Å². The van der Waals surface area contributed by atoms with E-state index in [1.165, 1.54) is 24.3 Å². The topological polar surface area (TPSA) is 72.3 Å². The van der Waals surface area contributed by atoms with E-state index >= 15 is 0 Å². The van der Waals surface area contributed by atoms with Gasteiger partial charge in [0.25, 0.3) is 0 Å². The second-order valence-corrected chi connectivity index (χ2v) is 3.53. The minimum absolute atomic E-state index is 0.184. The van der Waals surface area contributed by atoms with Gasteiger partial charge >= 0.3 is 5.97 Å². The van der Waals surface area contributed by atoms with Crippen LogP contribution in [-0.2, 0) is 6.61 Å². The SMILES string of the molecule is O=C(O)c1ncnc(COc2ccc(F)cc2)c1F. The molecule has 1 aromatic heterocycles. The van der Waals surface area contributed by atoms with Crippen LogP contribution >= 0.6 is 0 Å². The number of hydrogen-bond donors (Lipinski definition) is 1. The fraction of sp³-hybridized carbons (Fsp3) is 0.0833. The van der Waals surface area contributed by atoms with E-state index in [9.17, 15) is 13.6 Å². The number of halogens is 2. The number of carboxylic acids is 1. The second kappa shape index (κ2) is 5.38. The van der Waals surface area contributed by atoms with Crippen molar-refractivity contribution in [3.05, 3.63) is 53.6 Å². The molecule has 1 aromatic carbocycles. The van der Waals surface area contributed by atoms with Crippen molar-refractivity contribution in [3.8, 4) is 5.75 Å². The largest absolute Gasteiger partial charge is 0.487 e. The van der Waals surface area contributed by atoms with Crippen LogP contribution in [0.5, 0.6) is 5.75 Å². The van der Waals surface area contributed by atoms with Gasteiger partial charge in [-0.1, -0.05) is 0 Å². The third-order valence-corrected chi connectivity index (χ3v) is 2.25. The second-order valence-electron chi connectivity index (χ2n) is 3.53. The van der Waals surface area contributed by atoms with Crippen LogP contribution in [0, 0.1) is 11.6 Å². The monoisotopic (exact) mass is 266 g/mol. The first kappa shape index (κ1) is 12.9. The molecule has 0 fully saturated rings. The zero-order valence-electron chi connectivity index (χ0n) is 9.51. The number of aromatic carboxylic acids is 1. The highest BCUT2D eigenvalue weighted by Gasteiger charge is 2.17. The summed E-state index contributed by atoms with van der Waals surface area (Å²) in [6.45, 7) is -0.278. The normalized spacial score (nSPS) is 10.2. The van der Waals surface area contributed by atoms with Crippen molar-refractivity contribution >= 4 is 5.97 Å². The summed E-state index contributed by atoms with van der Waals surface area (Å²) in [5.74, 6) is -2.63. The lowest BCUT2D eigenvalue weighted by molar-refractivity contribution is 0.0684. The molecule has 0 aliphatic rings. The summed E-state index contributed by atoms with van der Waals surface area (Å²) in [6, 6.07) is 5.11. The van der Waals surface area contributed by atoms with E-state index in [1.54, 1.807) is 0 Å². The average molecular weight is 266 g/mol. The Labute approximate surface area is 106 Å². The Morgan fingerprint density at radius 2 is 1.89 bits per heavy atom. The molecule has 0 atom stereocenters. The Morgan fingerprint density at radius 1 is 1.21 bits per heavy atom. The van der Waals surface area contributed by atoms with Crippen molar-refractivity contribution in [3.63, 3.8) is 0 Å². The van der Waals surface area contributed by atoms with Crippen LogP contribution in [0.2, 0.25) is 0 Å². The predicted octanol–water partition coefficient (Wildman–Crippen LogP) is 2.03. The van der Waals surface area contributed by atoms with Crippen molar-refractivity contribution in [1.29, 1.82) is 0 Å². The van der Waals surface area contributed by atoms with Gasteiger partial charge in [-0.25, -0.2) is 23.5 Å². The molecule has 5 nitrogen and oxygen atoms in total. The maximum absolute atomic E-state index is 13.6. The van der Waals surface area contributed by atoms with Gasteiger partial charge in [-0.2, -0.15) is 0 Å². The zero-order chi connectivity index (χ0) is 13.8. The Kier molecular flexibility index (Phi) is 3.65. The van der Waals surface area contributed by atoms with E-state index in [4.69, 9.17) is 9.84 Å². The minimum atomic E-state index is -1.48. The first-order valence-corrected chi connectivity index (χ1v) is 5.19. The van der Waals surface area contributed by atoms with Crippen molar-refractivity contribution in [2.24, 2.45) is 0 Å². The molecular formula is C12H8F2N2O3. The van der Waals surface area contributed by atoms with Gasteiger partial charge in [0.15, 0.2) is 11.5 Å². The maximum atomic E-state index is 13.6. The van der Waals surface area contributed by atoms with Gasteiger partial charge in [0.2, 0.25) is 0 Å². The van der Waals surface area contributed by atoms with Crippen LogP contribution < -0.4 is 4.74 Å². The number of rotatable bonds is 4. The van der Waals surface area contributed by atoms with Crippen LogP contribution in [0.25, 0.3) is 0 Å². The van der Waals surface area contributed by atoms with Crippen molar-refractivity contribution < 1.29 is 23.4 Å². The summed E-state index contributed by atoms with van der Waals surface area (Å²) < 4.78 is 31.5. The Balaban J connectivity index is 2.13. The predicted molar refractivity (Wildman–Crippen MR) is 59.7 cm³/mol. The number of carbonyl (C=O) groups is 1. The van der Waals surface area contributed by atoms with Gasteiger partial charge in [0.05, 0.1) is 0 Å². The molecule has 0 amide bonds. The molecule has 0 aliphatic heterocycles. The lowest BCUT2D eigenvalue weighted by Crippen LogP contribution is -2.10. The van der Waals surface area contributed by atoms with Crippen molar-refractivity contribution in [2.75, 3.05) is 0 Å². The summed E-state index contributed by atoms with van der Waals surface area (Å²) in [5, 5.41) is 8.69. The van der Waals surface area contributed by atoms with E-state index < -0.39 is 23.3 Å². The van der Waals surface area contributed by atoms with Crippen LogP contribution in [0.15, 0.2) is 30.6 Å². The Morgan fingerprint density at radius 3 is 2.53 bits per heavy atom. The molecular weight excluding hydrogens is 258 g/mol. The van der Waals surface area contributed by atoms with Gasteiger partial charge in [0, 0.05) is 0 Å². The Hall–Kier alpha value is -2.57. The van der Waals surface area contributed by atoms with E-state index in [1.807, 2.05) is 0 Å². The lowest BCUT2D eigenvalue weighted by atomic mass is 10.3. The number of nitrogens with zero attached hydrogens (tertiary/aromatic N) is 2. The lowest BCUT2D eigenvalue weighted by Gasteiger charge is -2.07. The average Bonchev–Trinajstić information content (AvgIpc) is 2.39. The van der Waals surface area contributed by atoms with Crippen LogP contribution in [0.4, 0.5) is 8.78 Å². The summed E-state index contributed by atoms with van der Waals surface area (Å²) in [7, 11) is 0. The molecule has 2 rings (SSSR count). The molecule has 0 bridgehead atoms. The molecule has 19 heavy (non-hydrogen) atoms. The first-order valence-electron chi connectivity index (χ1n) is 5.19. The molecule has 2 aromatic rings. The van der Waals surface area contributed by atoms with E-state index in [0.717, 1.165) is 6.33 Å². The van der Waals surface area contributed by atoms with Gasteiger partial charge in [0.1, 0.15) is 30.2 Å². The molecule has 0 radical (unpaired) electrons. The van der Waals surface area contributed by atoms with E-state index in [-0.39, 0.29) is 12.3 Å². The molecule has 98 valence electrons. The Bertz CT molecular complexity index is 602. The summed E-state index contributed by atoms with van der Waals surface area (Å²) in [6.07, 6.45) is 0.940. The number of hydrogen-bond acceptors (Lipinski definition) is 4. The molecule has 7 heteroatoms. The van der Waals surface area contributed by atoms with Crippen LogP contribution in [0.3, 0.4) is 0 Å². The maximum Gasteiger partial charge on any atom is 0.357 e. The van der Waals surface area contributed by atoms with Gasteiger partial charge in [-0.15, -0.1) is 0 Å². The van der Waals surface area contributed by atoms with Gasteiger partial charge in [-0.05, 0) is 24.3 Å². The number of aromatic nitrogens is 2. The molecule has 0 unspecified atom stereocenters. The molecule has 0 spiro atoms. The molecule has 0 saturated carbocycles. The third kappa shape index (κ3) is 3.01. The summed E-state index contributed by atoms with van der Waals surface area (Å²) in [4.78, 5) is 17.6. The number of carboxylic acid groups (broad SMARTS) is 1. The standard InChI is InChI=1S/C12H8F2N2O3/c13-7-1-3-8(4-2-7)19-5-9-10(14)11(12(17)18)16-6-15-9/h1-4,6H,5H2,(H,17,18). The third-order valence-electron chi connectivity index (χ3n) is 2.25. The molecule has 0 saturated heterocycles. The number of benzene rings is 1. The fourth-order valence-electron chi connectivity index (χ4n) is 1.34. The zero-order valence-corrected chi connectivity index (χ0v) is 9.51. The van der Waals surface area contributed by atoms with Crippen molar-refractivity contribution in [1.82, 2.24) is 9.97 Å². The van der Waals surface area contributed by atoms with Crippen molar-refractivity contribution in [2.45, 2.75) is 6.61 Å². The van der Waals surface area contributed by atoms with Gasteiger partial charge < -0.3 is 9.84 Å². The van der Waals surface area contributed by atoms with Crippen LogP contribution in [0.1, 0.15) is 16.2 Å². The fourth-order valence-corrected chi connectivity index (χ4v) is 1.34.